The number of rotatable bonds is 5. The zero-order valence-electron chi connectivity index (χ0n) is 12.0. The molecule has 1 aliphatic heterocycles. The normalized spacial score (nSPS) is 24.2. The van der Waals surface area contributed by atoms with Crippen LogP contribution in [0.5, 0.6) is 0 Å². The van der Waals surface area contributed by atoms with E-state index < -0.39 is 6.10 Å². The van der Waals surface area contributed by atoms with Crippen LogP contribution in [0, 0.1) is 11.8 Å². The fourth-order valence-corrected chi connectivity index (χ4v) is 2.49. The van der Waals surface area contributed by atoms with E-state index >= 15 is 0 Å². The molecule has 1 heterocycles. The van der Waals surface area contributed by atoms with Crippen molar-refractivity contribution in [3.8, 4) is 0 Å². The second-order valence-corrected chi connectivity index (χ2v) is 5.54. The minimum atomic E-state index is -0.666. The van der Waals surface area contributed by atoms with Gasteiger partial charge in [0.2, 0.25) is 11.8 Å². The van der Waals surface area contributed by atoms with Crippen molar-refractivity contribution >= 4 is 11.8 Å². The van der Waals surface area contributed by atoms with Gasteiger partial charge in [-0.15, -0.1) is 0 Å². The molecule has 1 aromatic rings. The fraction of sp³-hybridized carbons (Fsp3) is 0.500. The molecule has 20 heavy (non-hydrogen) atoms. The van der Waals surface area contributed by atoms with Crippen LogP contribution >= 0.6 is 0 Å². The lowest BCUT2D eigenvalue weighted by atomic mass is 10.00. The first-order valence-electron chi connectivity index (χ1n) is 7.08. The minimum Gasteiger partial charge on any atom is -0.391 e. The number of aliphatic hydroxyl groups excluding tert-OH is 1. The first-order valence-corrected chi connectivity index (χ1v) is 7.08. The quantitative estimate of drug-likeness (QED) is 0.831. The van der Waals surface area contributed by atoms with Crippen molar-refractivity contribution in [3.05, 3.63) is 35.9 Å². The lowest BCUT2D eigenvalue weighted by Crippen LogP contribution is -2.37. The Morgan fingerprint density at radius 2 is 1.65 bits per heavy atom. The standard InChI is InChI=1S/C16H21NO3/c1-11-12(2)16(20)17(15(11)19)10-14(18)9-8-13-6-4-3-5-7-13/h3-7,11-12,14,18H,8-10H2,1-2H3. The molecule has 0 aliphatic carbocycles. The van der Waals surface area contributed by atoms with Gasteiger partial charge in [0.25, 0.3) is 0 Å². The molecule has 1 fully saturated rings. The topological polar surface area (TPSA) is 57.6 Å². The van der Waals surface area contributed by atoms with Gasteiger partial charge in [-0.1, -0.05) is 44.2 Å². The number of imide groups is 1. The van der Waals surface area contributed by atoms with E-state index in [4.69, 9.17) is 0 Å². The molecule has 108 valence electrons. The predicted molar refractivity (Wildman–Crippen MR) is 75.8 cm³/mol. The van der Waals surface area contributed by atoms with Gasteiger partial charge in [0.15, 0.2) is 0 Å². The number of aliphatic hydroxyl groups is 1. The molecular formula is C16H21NO3. The third-order valence-electron chi connectivity index (χ3n) is 4.06. The van der Waals surface area contributed by atoms with Crippen LogP contribution in [-0.4, -0.2) is 34.5 Å². The highest BCUT2D eigenvalue weighted by molar-refractivity contribution is 6.04. The Balaban J connectivity index is 1.87. The van der Waals surface area contributed by atoms with Gasteiger partial charge in [-0.3, -0.25) is 14.5 Å². The van der Waals surface area contributed by atoms with E-state index in [1.165, 1.54) is 4.90 Å². The van der Waals surface area contributed by atoms with Gasteiger partial charge < -0.3 is 5.11 Å². The van der Waals surface area contributed by atoms with Gasteiger partial charge in [-0.25, -0.2) is 0 Å². The van der Waals surface area contributed by atoms with Gasteiger partial charge in [0, 0.05) is 11.8 Å². The number of hydrogen-bond donors (Lipinski definition) is 1. The van der Waals surface area contributed by atoms with Crippen molar-refractivity contribution in [1.29, 1.82) is 0 Å². The summed E-state index contributed by atoms with van der Waals surface area (Å²) in [5.41, 5.74) is 1.15. The summed E-state index contributed by atoms with van der Waals surface area (Å²) in [4.78, 5) is 25.1. The summed E-state index contributed by atoms with van der Waals surface area (Å²) >= 11 is 0. The average molecular weight is 275 g/mol. The van der Waals surface area contributed by atoms with Crippen molar-refractivity contribution in [2.24, 2.45) is 11.8 Å². The summed E-state index contributed by atoms with van der Waals surface area (Å²) < 4.78 is 0. The van der Waals surface area contributed by atoms with Crippen molar-refractivity contribution in [3.63, 3.8) is 0 Å². The van der Waals surface area contributed by atoms with E-state index in [-0.39, 0.29) is 30.2 Å². The number of carbonyl (C=O) groups is 2. The molecule has 3 unspecified atom stereocenters. The lowest BCUT2D eigenvalue weighted by Gasteiger charge is -2.19. The molecule has 2 rings (SSSR count). The highest BCUT2D eigenvalue weighted by atomic mass is 16.3. The first kappa shape index (κ1) is 14.7. The highest BCUT2D eigenvalue weighted by Gasteiger charge is 2.42. The summed E-state index contributed by atoms with van der Waals surface area (Å²) in [7, 11) is 0. The van der Waals surface area contributed by atoms with Gasteiger partial charge in [-0.05, 0) is 18.4 Å². The van der Waals surface area contributed by atoms with Crippen LogP contribution in [0.1, 0.15) is 25.8 Å². The third-order valence-corrected chi connectivity index (χ3v) is 4.06. The molecule has 4 nitrogen and oxygen atoms in total. The Morgan fingerprint density at radius 3 is 2.20 bits per heavy atom. The number of amides is 2. The van der Waals surface area contributed by atoms with Crippen molar-refractivity contribution in [1.82, 2.24) is 4.90 Å². The van der Waals surface area contributed by atoms with E-state index in [9.17, 15) is 14.7 Å². The molecular weight excluding hydrogens is 254 g/mol. The molecule has 1 N–H and O–H groups in total. The van der Waals surface area contributed by atoms with E-state index in [1.807, 2.05) is 30.3 Å². The van der Waals surface area contributed by atoms with Crippen LogP contribution in [0.2, 0.25) is 0 Å². The average Bonchev–Trinajstić information content (AvgIpc) is 2.64. The van der Waals surface area contributed by atoms with Crippen LogP contribution in [-0.2, 0) is 16.0 Å². The second kappa shape index (κ2) is 6.18. The molecule has 0 spiro atoms. The second-order valence-electron chi connectivity index (χ2n) is 5.54. The smallest absolute Gasteiger partial charge is 0.232 e. The van der Waals surface area contributed by atoms with Gasteiger partial charge in [0.1, 0.15) is 0 Å². The summed E-state index contributed by atoms with van der Waals surface area (Å²) in [6, 6.07) is 9.87. The molecule has 2 amide bonds. The molecule has 1 saturated heterocycles. The fourth-order valence-electron chi connectivity index (χ4n) is 2.49. The maximum Gasteiger partial charge on any atom is 0.232 e. The minimum absolute atomic E-state index is 0.110. The number of hydrogen-bond acceptors (Lipinski definition) is 3. The number of carbonyl (C=O) groups excluding carboxylic acids is 2. The van der Waals surface area contributed by atoms with Crippen molar-refractivity contribution < 1.29 is 14.7 Å². The Bertz CT molecular complexity index is 466. The van der Waals surface area contributed by atoms with Crippen LogP contribution in [0.3, 0.4) is 0 Å². The molecule has 0 saturated carbocycles. The Labute approximate surface area is 119 Å². The first-order chi connectivity index (χ1) is 9.50. The van der Waals surface area contributed by atoms with E-state index in [1.54, 1.807) is 13.8 Å². The number of likely N-dealkylation sites (tertiary alicyclic amines) is 1. The lowest BCUT2D eigenvalue weighted by molar-refractivity contribution is -0.141. The molecule has 3 atom stereocenters. The Kier molecular flexibility index (Phi) is 4.55. The molecule has 1 aliphatic rings. The summed E-state index contributed by atoms with van der Waals surface area (Å²) in [5, 5.41) is 10.0. The van der Waals surface area contributed by atoms with E-state index in [0.717, 1.165) is 12.0 Å². The number of β-amino-alcohol motifs (C(OH)–C–C–N with tert-alkyl or cyclic N) is 1. The number of nitrogens with zero attached hydrogens (tertiary/aromatic N) is 1. The van der Waals surface area contributed by atoms with Crippen molar-refractivity contribution in [2.75, 3.05) is 6.54 Å². The maximum atomic E-state index is 11.9. The SMILES string of the molecule is CC1C(=O)N(CC(O)CCc2ccccc2)C(=O)C1C. The largest absolute Gasteiger partial charge is 0.391 e. The van der Waals surface area contributed by atoms with Crippen LogP contribution < -0.4 is 0 Å². The molecule has 0 radical (unpaired) electrons. The number of aryl methyl sites for hydroxylation is 1. The van der Waals surface area contributed by atoms with Gasteiger partial charge in [0.05, 0.1) is 12.6 Å². The molecule has 1 aromatic carbocycles. The van der Waals surface area contributed by atoms with Gasteiger partial charge in [-0.2, -0.15) is 0 Å². The Hall–Kier alpha value is -1.68. The third kappa shape index (κ3) is 3.07. The van der Waals surface area contributed by atoms with E-state index in [0.29, 0.717) is 6.42 Å². The predicted octanol–water partition coefficient (Wildman–Crippen LogP) is 1.62. The summed E-state index contributed by atoms with van der Waals surface area (Å²) in [6.45, 7) is 3.64. The number of benzene rings is 1. The van der Waals surface area contributed by atoms with Crippen molar-refractivity contribution in [2.45, 2.75) is 32.8 Å². The monoisotopic (exact) mass is 275 g/mol. The molecule has 0 aromatic heterocycles. The van der Waals surface area contributed by atoms with Crippen LogP contribution in [0.25, 0.3) is 0 Å². The Morgan fingerprint density at radius 1 is 1.10 bits per heavy atom. The van der Waals surface area contributed by atoms with Crippen LogP contribution in [0.4, 0.5) is 0 Å². The zero-order chi connectivity index (χ0) is 14.7. The van der Waals surface area contributed by atoms with Crippen LogP contribution in [0.15, 0.2) is 30.3 Å². The maximum absolute atomic E-state index is 11.9. The molecule has 4 heteroatoms. The van der Waals surface area contributed by atoms with Gasteiger partial charge >= 0.3 is 0 Å². The zero-order valence-corrected chi connectivity index (χ0v) is 12.0. The molecule has 0 bridgehead atoms. The highest BCUT2D eigenvalue weighted by Crippen LogP contribution is 2.25. The summed E-state index contributed by atoms with van der Waals surface area (Å²) in [5.74, 6) is -0.879. The van der Waals surface area contributed by atoms with E-state index in [2.05, 4.69) is 0 Å². The summed E-state index contributed by atoms with van der Waals surface area (Å²) in [6.07, 6.45) is 0.619.